The highest BCUT2D eigenvalue weighted by Crippen LogP contribution is 2.43. The minimum Gasteiger partial charge on any atom is -0.375 e. The van der Waals surface area contributed by atoms with Gasteiger partial charge in [0.15, 0.2) is 0 Å². The summed E-state index contributed by atoms with van der Waals surface area (Å²) < 4.78 is 5.47. The SMILES string of the molecule is CC1(CNC(=O)CC2CNCCO2)CC1.Cl. The Kier molecular flexibility index (Phi) is 5.02. The lowest BCUT2D eigenvalue weighted by Crippen LogP contribution is -2.42. The summed E-state index contributed by atoms with van der Waals surface area (Å²) in [5, 5.41) is 6.21. The first-order valence-electron chi connectivity index (χ1n) is 5.77. The number of hydrogen-bond acceptors (Lipinski definition) is 3. The zero-order valence-electron chi connectivity index (χ0n) is 9.75. The van der Waals surface area contributed by atoms with Gasteiger partial charge in [-0.05, 0) is 18.3 Å². The van der Waals surface area contributed by atoms with Crippen LogP contribution in [0.1, 0.15) is 26.2 Å². The molecule has 1 aliphatic carbocycles. The summed E-state index contributed by atoms with van der Waals surface area (Å²) in [5.74, 6) is 0.122. The molecule has 1 aliphatic heterocycles. The van der Waals surface area contributed by atoms with E-state index in [1.807, 2.05) is 0 Å². The number of hydrogen-bond donors (Lipinski definition) is 2. The van der Waals surface area contributed by atoms with Crippen LogP contribution in [0.15, 0.2) is 0 Å². The number of nitrogens with one attached hydrogen (secondary N) is 2. The Bertz CT molecular complexity index is 238. The van der Waals surface area contributed by atoms with Crippen LogP contribution < -0.4 is 10.6 Å². The second kappa shape index (κ2) is 5.84. The predicted octanol–water partition coefficient (Wildman–Crippen LogP) is 0.703. The molecular weight excluding hydrogens is 228 g/mol. The Balaban J connectivity index is 0.00000128. The van der Waals surface area contributed by atoms with Crippen molar-refractivity contribution >= 4 is 18.3 Å². The van der Waals surface area contributed by atoms with Gasteiger partial charge in [-0.2, -0.15) is 0 Å². The number of carbonyl (C=O) groups is 1. The van der Waals surface area contributed by atoms with Crippen LogP contribution >= 0.6 is 12.4 Å². The maximum atomic E-state index is 11.6. The molecule has 0 aromatic carbocycles. The van der Waals surface area contributed by atoms with Crippen molar-refractivity contribution in [1.82, 2.24) is 10.6 Å². The zero-order valence-corrected chi connectivity index (χ0v) is 10.6. The van der Waals surface area contributed by atoms with E-state index < -0.39 is 0 Å². The summed E-state index contributed by atoms with van der Waals surface area (Å²) in [4.78, 5) is 11.6. The molecular formula is C11H21ClN2O2. The van der Waals surface area contributed by atoms with Crippen molar-refractivity contribution < 1.29 is 9.53 Å². The highest BCUT2D eigenvalue weighted by Gasteiger charge is 2.37. The van der Waals surface area contributed by atoms with E-state index >= 15 is 0 Å². The van der Waals surface area contributed by atoms with Crippen LogP contribution in [0.5, 0.6) is 0 Å². The Morgan fingerprint density at radius 1 is 1.56 bits per heavy atom. The van der Waals surface area contributed by atoms with Gasteiger partial charge in [0.25, 0.3) is 0 Å². The summed E-state index contributed by atoms with van der Waals surface area (Å²) in [7, 11) is 0. The van der Waals surface area contributed by atoms with Crippen LogP contribution in [0.4, 0.5) is 0 Å². The molecule has 1 saturated carbocycles. The maximum Gasteiger partial charge on any atom is 0.222 e. The lowest BCUT2D eigenvalue weighted by Gasteiger charge is -2.23. The molecule has 5 heteroatoms. The van der Waals surface area contributed by atoms with Crippen molar-refractivity contribution in [3.8, 4) is 0 Å². The summed E-state index contributed by atoms with van der Waals surface area (Å²) in [6, 6.07) is 0. The third kappa shape index (κ3) is 4.28. The van der Waals surface area contributed by atoms with Gasteiger partial charge < -0.3 is 15.4 Å². The highest BCUT2D eigenvalue weighted by molar-refractivity contribution is 5.85. The Morgan fingerprint density at radius 2 is 2.31 bits per heavy atom. The van der Waals surface area contributed by atoms with Crippen molar-refractivity contribution in [2.45, 2.75) is 32.3 Å². The van der Waals surface area contributed by atoms with Gasteiger partial charge in [-0.25, -0.2) is 0 Å². The van der Waals surface area contributed by atoms with Gasteiger partial charge in [-0.15, -0.1) is 12.4 Å². The van der Waals surface area contributed by atoms with Crippen molar-refractivity contribution in [1.29, 1.82) is 0 Å². The van der Waals surface area contributed by atoms with E-state index in [1.165, 1.54) is 12.8 Å². The van der Waals surface area contributed by atoms with Gasteiger partial charge in [-0.1, -0.05) is 6.92 Å². The molecule has 1 unspecified atom stereocenters. The molecule has 16 heavy (non-hydrogen) atoms. The Morgan fingerprint density at radius 3 is 2.88 bits per heavy atom. The van der Waals surface area contributed by atoms with Gasteiger partial charge in [0.05, 0.1) is 19.1 Å². The second-order valence-corrected chi connectivity index (χ2v) is 4.99. The number of carbonyl (C=O) groups excluding carboxylic acids is 1. The molecule has 2 rings (SSSR count). The molecule has 1 heterocycles. The molecule has 1 atom stereocenters. The number of morpholine rings is 1. The molecule has 2 N–H and O–H groups in total. The zero-order chi connectivity index (χ0) is 10.7. The van der Waals surface area contributed by atoms with E-state index in [2.05, 4.69) is 17.6 Å². The lowest BCUT2D eigenvalue weighted by molar-refractivity contribution is -0.124. The summed E-state index contributed by atoms with van der Waals surface area (Å²) in [5.41, 5.74) is 0.390. The smallest absolute Gasteiger partial charge is 0.222 e. The molecule has 0 radical (unpaired) electrons. The van der Waals surface area contributed by atoms with Crippen molar-refractivity contribution in [2.75, 3.05) is 26.2 Å². The molecule has 0 spiro atoms. The fourth-order valence-corrected chi connectivity index (χ4v) is 1.73. The average molecular weight is 249 g/mol. The van der Waals surface area contributed by atoms with Gasteiger partial charge in [0, 0.05) is 19.6 Å². The topological polar surface area (TPSA) is 50.4 Å². The number of rotatable bonds is 4. The van der Waals surface area contributed by atoms with Crippen LogP contribution in [0.3, 0.4) is 0 Å². The molecule has 2 aliphatic rings. The average Bonchev–Trinajstić information content (AvgIpc) is 2.96. The first-order valence-corrected chi connectivity index (χ1v) is 5.77. The number of ether oxygens (including phenoxy) is 1. The number of amides is 1. The predicted molar refractivity (Wildman–Crippen MR) is 64.8 cm³/mol. The standard InChI is InChI=1S/C11H20N2O2.ClH/c1-11(2-3-11)8-13-10(14)6-9-7-12-4-5-15-9;/h9,12H,2-8H2,1H3,(H,13,14);1H. The van der Waals surface area contributed by atoms with Crippen LogP contribution in [0, 0.1) is 5.41 Å². The Hall–Kier alpha value is -0.320. The molecule has 94 valence electrons. The summed E-state index contributed by atoms with van der Waals surface area (Å²) in [6.45, 7) is 5.45. The van der Waals surface area contributed by atoms with Gasteiger partial charge in [0.2, 0.25) is 5.91 Å². The molecule has 0 bridgehead atoms. The van der Waals surface area contributed by atoms with E-state index in [1.54, 1.807) is 0 Å². The van der Waals surface area contributed by atoms with Gasteiger partial charge in [-0.3, -0.25) is 4.79 Å². The lowest BCUT2D eigenvalue weighted by atomic mass is 10.1. The molecule has 0 aromatic rings. The number of halogens is 1. The van der Waals surface area contributed by atoms with Gasteiger partial charge >= 0.3 is 0 Å². The fraction of sp³-hybridized carbons (Fsp3) is 0.909. The normalized spacial score (nSPS) is 26.7. The van der Waals surface area contributed by atoms with Crippen molar-refractivity contribution in [3.05, 3.63) is 0 Å². The monoisotopic (exact) mass is 248 g/mol. The second-order valence-electron chi connectivity index (χ2n) is 4.99. The van der Waals surface area contributed by atoms with Crippen LogP contribution in [0.25, 0.3) is 0 Å². The third-order valence-corrected chi connectivity index (χ3v) is 3.23. The quantitative estimate of drug-likeness (QED) is 0.770. The molecule has 4 nitrogen and oxygen atoms in total. The summed E-state index contributed by atoms with van der Waals surface area (Å²) >= 11 is 0. The third-order valence-electron chi connectivity index (χ3n) is 3.23. The highest BCUT2D eigenvalue weighted by atomic mass is 35.5. The van der Waals surface area contributed by atoms with E-state index in [0.717, 1.165) is 26.2 Å². The van der Waals surface area contributed by atoms with E-state index in [4.69, 9.17) is 4.74 Å². The molecule has 1 saturated heterocycles. The van der Waals surface area contributed by atoms with E-state index in [0.29, 0.717) is 11.8 Å². The maximum absolute atomic E-state index is 11.6. The molecule has 1 amide bonds. The Labute approximate surface area is 103 Å². The van der Waals surface area contributed by atoms with Crippen molar-refractivity contribution in [2.24, 2.45) is 5.41 Å². The largest absolute Gasteiger partial charge is 0.375 e. The minimum atomic E-state index is 0. The van der Waals surface area contributed by atoms with Crippen LogP contribution in [0.2, 0.25) is 0 Å². The van der Waals surface area contributed by atoms with E-state index in [-0.39, 0.29) is 24.4 Å². The van der Waals surface area contributed by atoms with E-state index in [9.17, 15) is 4.79 Å². The van der Waals surface area contributed by atoms with Crippen LogP contribution in [-0.2, 0) is 9.53 Å². The molecule has 2 fully saturated rings. The van der Waals surface area contributed by atoms with Gasteiger partial charge in [0.1, 0.15) is 0 Å². The van der Waals surface area contributed by atoms with Crippen LogP contribution in [-0.4, -0.2) is 38.3 Å². The first kappa shape index (κ1) is 13.7. The first-order chi connectivity index (χ1) is 7.18. The summed E-state index contributed by atoms with van der Waals surface area (Å²) in [6.07, 6.45) is 3.04. The molecule has 0 aromatic heterocycles. The van der Waals surface area contributed by atoms with Crippen molar-refractivity contribution in [3.63, 3.8) is 0 Å². The fourth-order valence-electron chi connectivity index (χ4n) is 1.73. The minimum absolute atomic E-state index is 0.